The van der Waals surface area contributed by atoms with E-state index in [9.17, 15) is 0 Å². The maximum atomic E-state index is 5.70. The SMILES string of the molecule is CCC(CC)(CN)c1nc(N)no1. The standard InChI is InChI=1S/C8H16N4O/c1-3-8(4-2,5-9)6-11-7(10)12-13-6/h3-5,9H2,1-2H3,(H2,10,12). The number of hydrogen-bond acceptors (Lipinski definition) is 5. The Morgan fingerprint density at radius 3 is 2.31 bits per heavy atom. The Morgan fingerprint density at radius 2 is 2.00 bits per heavy atom. The monoisotopic (exact) mass is 184 g/mol. The zero-order valence-electron chi connectivity index (χ0n) is 8.08. The first-order valence-corrected chi connectivity index (χ1v) is 4.48. The van der Waals surface area contributed by atoms with Crippen LogP contribution in [0.1, 0.15) is 32.6 Å². The van der Waals surface area contributed by atoms with Gasteiger partial charge >= 0.3 is 0 Å². The average Bonchev–Trinajstić information content (AvgIpc) is 2.57. The predicted molar refractivity (Wildman–Crippen MR) is 50.0 cm³/mol. The smallest absolute Gasteiger partial charge is 0.260 e. The molecule has 0 spiro atoms. The first kappa shape index (κ1) is 9.98. The topological polar surface area (TPSA) is 91.0 Å². The molecule has 1 heterocycles. The Morgan fingerprint density at radius 1 is 1.38 bits per heavy atom. The van der Waals surface area contributed by atoms with Crippen LogP contribution in [-0.4, -0.2) is 16.7 Å². The van der Waals surface area contributed by atoms with Crippen molar-refractivity contribution in [2.75, 3.05) is 12.3 Å². The van der Waals surface area contributed by atoms with E-state index in [1.165, 1.54) is 0 Å². The highest BCUT2D eigenvalue weighted by molar-refractivity contribution is 5.15. The third kappa shape index (κ3) is 1.65. The lowest BCUT2D eigenvalue weighted by molar-refractivity contribution is 0.267. The van der Waals surface area contributed by atoms with Crippen LogP contribution in [0, 0.1) is 0 Å². The van der Waals surface area contributed by atoms with Crippen molar-refractivity contribution >= 4 is 5.95 Å². The molecule has 13 heavy (non-hydrogen) atoms. The normalized spacial score (nSPS) is 11.9. The van der Waals surface area contributed by atoms with Gasteiger partial charge in [0, 0.05) is 6.54 Å². The maximum Gasteiger partial charge on any atom is 0.260 e. The van der Waals surface area contributed by atoms with Crippen molar-refractivity contribution in [2.45, 2.75) is 32.1 Å². The Kier molecular flexibility index (Phi) is 2.87. The summed E-state index contributed by atoms with van der Waals surface area (Å²) < 4.78 is 5.04. The highest BCUT2D eigenvalue weighted by Gasteiger charge is 2.32. The fourth-order valence-corrected chi connectivity index (χ4v) is 1.38. The molecule has 0 aromatic carbocycles. The first-order valence-electron chi connectivity index (χ1n) is 4.48. The predicted octanol–water partition coefficient (Wildman–Crippen LogP) is 0.668. The molecule has 0 fully saturated rings. The zero-order chi connectivity index (χ0) is 9.90. The molecule has 0 saturated heterocycles. The Hall–Kier alpha value is -1.10. The second-order valence-electron chi connectivity index (χ2n) is 3.15. The van der Waals surface area contributed by atoms with E-state index >= 15 is 0 Å². The fourth-order valence-electron chi connectivity index (χ4n) is 1.38. The van der Waals surface area contributed by atoms with Crippen LogP contribution in [-0.2, 0) is 5.41 Å². The van der Waals surface area contributed by atoms with E-state index in [1.54, 1.807) is 0 Å². The number of aromatic nitrogens is 2. The Bertz CT molecular complexity index is 259. The van der Waals surface area contributed by atoms with Gasteiger partial charge in [-0.25, -0.2) is 0 Å². The van der Waals surface area contributed by atoms with Gasteiger partial charge in [-0.05, 0) is 18.0 Å². The molecule has 1 aromatic rings. The van der Waals surface area contributed by atoms with Crippen LogP contribution in [0.15, 0.2) is 4.52 Å². The van der Waals surface area contributed by atoms with Crippen LogP contribution in [0.25, 0.3) is 0 Å². The summed E-state index contributed by atoms with van der Waals surface area (Å²) in [4.78, 5) is 4.02. The number of hydrogen-bond donors (Lipinski definition) is 2. The minimum absolute atomic E-state index is 0.176. The van der Waals surface area contributed by atoms with Gasteiger partial charge in [-0.1, -0.05) is 13.8 Å². The summed E-state index contributed by atoms with van der Waals surface area (Å²) in [6.07, 6.45) is 1.75. The molecular formula is C8H16N4O. The van der Waals surface area contributed by atoms with Gasteiger partial charge in [0.25, 0.3) is 5.95 Å². The van der Waals surface area contributed by atoms with E-state index < -0.39 is 0 Å². The fraction of sp³-hybridized carbons (Fsp3) is 0.750. The van der Waals surface area contributed by atoms with Gasteiger partial charge in [0.05, 0.1) is 5.41 Å². The summed E-state index contributed by atoms with van der Waals surface area (Å²) in [5.74, 6) is 0.729. The number of rotatable bonds is 4. The molecule has 0 atom stereocenters. The number of nitrogen functional groups attached to an aromatic ring is 1. The van der Waals surface area contributed by atoms with Crippen molar-refractivity contribution in [1.29, 1.82) is 0 Å². The van der Waals surface area contributed by atoms with Crippen molar-refractivity contribution in [3.05, 3.63) is 5.89 Å². The molecule has 0 aliphatic carbocycles. The molecule has 0 amide bonds. The molecule has 0 saturated carbocycles. The Balaban J connectivity index is 3.00. The molecule has 74 valence electrons. The molecule has 0 aliphatic heterocycles. The molecule has 0 aliphatic rings. The molecule has 1 rings (SSSR count). The van der Waals surface area contributed by atoms with Crippen LogP contribution in [0.3, 0.4) is 0 Å². The summed E-state index contributed by atoms with van der Waals surface area (Å²) in [5.41, 5.74) is 10.9. The van der Waals surface area contributed by atoms with Gasteiger partial charge < -0.3 is 16.0 Å². The lowest BCUT2D eigenvalue weighted by Gasteiger charge is -2.24. The number of anilines is 1. The van der Waals surface area contributed by atoms with Crippen LogP contribution < -0.4 is 11.5 Å². The highest BCUT2D eigenvalue weighted by Crippen LogP contribution is 2.29. The highest BCUT2D eigenvalue weighted by atomic mass is 16.5. The molecule has 5 nitrogen and oxygen atoms in total. The van der Waals surface area contributed by atoms with E-state index in [0.717, 1.165) is 12.8 Å². The van der Waals surface area contributed by atoms with E-state index in [0.29, 0.717) is 12.4 Å². The van der Waals surface area contributed by atoms with Gasteiger partial charge in [-0.2, -0.15) is 4.98 Å². The van der Waals surface area contributed by atoms with Crippen molar-refractivity contribution in [2.24, 2.45) is 5.73 Å². The van der Waals surface area contributed by atoms with E-state index in [2.05, 4.69) is 24.0 Å². The summed E-state index contributed by atoms with van der Waals surface area (Å²) >= 11 is 0. The number of nitrogens with zero attached hydrogens (tertiary/aromatic N) is 2. The average molecular weight is 184 g/mol. The van der Waals surface area contributed by atoms with Crippen molar-refractivity contribution in [1.82, 2.24) is 10.1 Å². The van der Waals surface area contributed by atoms with Crippen molar-refractivity contribution in [3.63, 3.8) is 0 Å². The molecule has 0 radical (unpaired) electrons. The largest absolute Gasteiger partial charge is 0.365 e. The third-order valence-corrected chi connectivity index (χ3v) is 2.64. The molecule has 0 bridgehead atoms. The van der Waals surface area contributed by atoms with Crippen molar-refractivity contribution in [3.8, 4) is 0 Å². The van der Waals surface area contributed by atoms with Gasteiger partial charge in [0.15, 0.2) is 0 Å². The number of nitrogens with two attached hydrogens (primary N) is 2. The molecule has 4 N–H and O–H groups in total. The molecule has 5 heteroatoms. The van der Waals surface area contributed by atoms with E-state index in [4.69, 9.17) is 16.0 Å². The van der Waals surface area contributed by atoms with Crippen molar-refractivity contribution < 1.29 is 4.52 Å². The summed E-state index contributed by atoms with van der Waals surface area (Å²) in [6, 6.07) is 0. The van der Waals surface area contributed by atoms with Gasteiger partial charge in [-0.15, -0.1) is 0 Å². The minimum atomic E-state index is -0.204. The maximum absolute atomic E-state index is 5.70. The van der Waals surface area contributed by atoms with E-state index in [-0.39, 0.29) is 11.4 Å². The quantitative estimate of drug-likeness (QED) is 0.717. The lowest BCUT2D eigenvalue weighted by atomic mass is 9.82. The first-order chi connectivity index (χ1) is 6.18. The van der Waals surface area contributed by atoms with Crippen LogP contribution in [0.4, 0.5) is 5.95 Å². The lowest BCUT2D eigenvalue weighted by Crippen LogP contribution is -2.34. The molecular weight excluding hydrogens is 168 g/mol. The minimum Gasteiger partial charge on any atom is -0.365 e. The zero-order valence-corrected chi connectivity index (χ0v) is 8.08. The third-order valence-electron chi connectivity index (χ3n) is 2.64. The van der Waals surface area contributed by atoms with Gasteiger partial charge in [0.1, 0.15) is 0 Å². The summed E-state index contributed by atoms with van der Waals surface area (Å²) in [6.45, 7) is 4.61. The Labute approximate surface area is 77.5 Å². The molecule has 1 aromatic heterocycles. The summed E-state index contributed by atoms with van der Waals surface area (Å²) in [7, 11) is 0. The van der Waals surface area contributed by atoms with Crippen LogP contribution >= 0.6 is 0 Å². The van der Waals surface area contributed by atoms with Crippen LogP contribution in [0.5, 0.6) is 0 Å². The second kappa shape index (κ2) is 3.74. The van der Waals surface area contributed by atoms with Gasteiger partial charge in [-0.3, -0.25) is 0 Å². The van der Waals surface area contributed by atoms with Gasteiger partial charge in [0.2, 0.25) is 5.89 Å². The molecule has 0 unspecified atom stereocenters. The summed E-state index contributed by atoms with van der Waals surface area (Å²) in [5, 5.41) is 3.56. The van der Waals surface area contributed by atoms with E-state index in [1.807, 2.05) is 0 Å². The second-order valence-corrected chi connectivity index (χ2v) is 3.15. The van der Waals surface area contributed by atoms with Crippen LogP contribution in [0.2, 0.25) is 0 Å².